The molecule has 0 radical (unpaired) electrons. The van der Waals surface area contributed by atoms with Gasteiger partial charge >= 0.3 is 0 Å². The van der Waals surface area contributed by atoms with E-state index in [2.05, 4.69) is 5.32 Å². The lowest BCUT2D eigenvalue weighted by Gasteiger charge is -2.30. The third-order valence-corrected chi connectivity index (χ3v) is 5.62. The van der Waals surface area contributed by atoms with E-state index in [1.807, 2.05) is 25.1 Å². The molecule has 1 fully saturated rings. The van der Waals surface area contributed by atoms with Gasteiger partial charge in [0.25, 0.3) is 0 Å². The topological polar surface area (TPSA) is 73.6 Å². The van der Waals surface area contributed by atoms with E-state index < -0.39 is 11.7 Å². The first-order valence-corrected chi connectivity index (χ1v) is 10.6. The first-order chi connectivity index (χ1) is 14.4. The lowest BCUT2D eigenvalue weighted by molar-refractivity contribution is -0.118. The summed E-state index contributed by atoms with van der Waals surface area (Å²) in [6.45, 7) is 3.29. The molecule has 0 bridgehead atoms. The number of hydrogen-bond donors (Lipinski definition) is 2. The van der Waals surface area contributed by atoms with Crippen LogP contribution in [0.2, 0.25) is 5.02 Å². The minimum absolute atomic E-state index is 0.00157. The van der Waals surface area contributed by atoms with Crippen LogP contribution in [0.15, 0.2) is 42.5 Å². The van der Waals surface area contributed by atoms with Crippen LogP contribution in [0.1, 0.15) is 44.2 Å². The van der Waals surface area contributed by atoms with E-state index in [0.29, 0.717) is 30.4 Å². The minimum Gasteiger partial charge on any atom is -0.453 e. The Morgan fingerprint density at radius 3 is 2.63 bits per heavy atom. The Balaban J connectivity index is 1.88. The van der Waals surface area contributed by atoms with E-state index in [0.717, 1.165) is 19.3 Å². The van der Waals surface area contributed by atoms with Gasteiger partial charge in [0.2, 0.25) is 5.91 Å². The van der Waals surface area contributed by atoms with Gasteiger partial charge in [-0.1, -0.05) is 35.9 Å². The van der Waals surface area contributed by atoms with Gasteiger partial charge in [-0.3, -0.25) is 4.79 Å². The second kappa shape index (κ2) is 10.8. The molecule has 1 amide bonds. The largest absolute Gasteiger partial charge is 0.453 e. The van der Waals surface area contributed by atoms with E-state index in [1.54, 1.807) is 24.3 Å². The third kappa shape index (κ3) is 6.17. The number of primary amides is 1. The number of ether oxygens (including phenoxy) is 2. The second-order valence-corrected chi connectivity index (χ2v) is 8.18. The van der Waals surface area contributed by atoms with Crippen molar-refractivity contribution in [2.45, 2.75) is 44.7 Å². The van der Waals surface area contributed by atoms with Gasteiger partial charge in [0.15, 0.2) is 11.6 Å². The van der Waals surface area contributed by atoms with Crippen molar-refractivity contribution < 1.29 is 18.7 Å². The molecule has 0 unspecified atom stereocenters. The fourth-order valence-corrected chi connectivity index (χ4v) is 4.01. The van der Waals surface area contributed by atoms with Crippen molar-refractivity contribution in [3.8, 4) is 11.5 Å². The summed E-state index contributed by atoms with van der Waals surface area (Å²) in [6, 6.07) is 11.8. The van der Waals surface area contributed by atoms with E-state index >= 15 is 4.39 Å². The molecular weight excluding hydrogens is 407 g/mol. The van der Waals surface area contributed by atoms with Crippen LogP contribution < -0.4 is 15.8 Å². The van der Waals surface area contributed by atoms with Gasteiger partial charge in [0, 0.05) is 37.3 Å². The number of amides is 1. The predicted molar refractivity (Wildman–Crippen MR) is 115 cm³/mol. The van der Waals surface area contributed by atoms with Crippen molar-refractivity contribution in [3.05, 3.63) is 58.9 Å². The SMILES string of the molecule is C[C@H](CC(N)=O)N[C@H](CC1CCOCC1)c1ccc(Cl)c(Oc2ccccc2)c1F. The zero-order valence-corrected chi connectivity index (χ0v) is 17.8. The average molecular weight is 435 g/mol. The van der Waals surface area contributed by atoms with Crippen LogP contribution in [0, 0.1) is 11.7 Å². The van der Waals surface area contributed by atoms with Gasteiger partial charge in [0.05, 0.1) is 5.02 Å². The van der Waals surface area contributed by atoms with Crippen LogP contribution in [0.4, 0.5) is 4.39 Å². The van der Waals surface area contributed by atoms with Crippen molar-refractivity contribution in [3.63, 3.8) is 0 Å². The van der Waals surface area contributed by atoms with Crippen LogP contribution in [0.25, 0.3) is 0 Å². The molecule has 2 aromatic carbocycles. The molecule has 1 aliphatic heterocycles. The molecule has 1 saturated heterocycles. The number of hydrogen-bond acceptors (Lipinski definition) is 4. The zero-order chi connectivity index (χ0) is 21.5. The number of rotatable bonds is 9. The Hall–Kier alpha value is -2.15. The Morgan fingerprint density at radius 1 is 1.27 bits per heavy atom. The summed E-state index contributed by atoms with van der Waals surface area (Å²) < 4.78 is 26.8. The Labute approximate surface area is 181 Å². The maximum absolute atomic E-state index is 15.6. The van der Waals surface area contributed by atoms with Gasteiger partial charge in [-0.2, -0.15) is 0 Å². The summed E-state index contributed by atoms with van der Waals surface area (Å²) in [4.78, 5) is 11.3. The highest BCUT2D eigenvalue weighted by Gasteiger charge is 2.27. The van der Waals surface area contributed by atoms with Gasteiger partial charge in [0.1, 0.15) is 5.75 Å². The molecule has 5 nitrogen and oxygen atoms in total. The summed E-state index contributed by atoms with van der Waals surface area (Å²) in [5, 5.41) is 3.59. The molecule has 0 aliphatic carbocycles. The summed E-state index contributed by atoms with van der Waals surface area (Å²) in [5.74, 6) is 0.00506. The van der Waals surface area contributed by atoms with Crippen molar-refractivity contribution in [2.24, 2.45) is 11.7 Å². The first-order valence-electron chi connectivity index (χ1n) is 10.3. The van der Waals surface area contributed by atoms with Gasteiger partial charge < -0.3 is 20.5 Å². The minimum atomic E-state index is -0.498. The van der Waals surface area contributed by atoms with Crippen molar-refractivity contribution in [2.75, 3.05) is 13.2 Å². The fourth-order valence-electron chi connectivity index (χ4n) is 3.82. The molecule has 162 valence electrons. The molecule has 0 saturated carbocycles. The van der Waals surface area contributed by atoms with Crippen molar-refractivity contribution in [1.29, 1.82) is 0 Å². The summed E-state index contributed by atoms with van der Waals surface area (Å²) >= 11 is 6.26. The van der Waals surface area contributed by atoms with E-state index in [4.69, 9.17) is 26.8 Å². The molecule has 0 aromatic heterocycles. The van der Waals surface area contributed by atoms with Crippen LogP contribution in [0.3, 0.4) is 0 Å². The molecule has 3 N–H and O–H groups in total. The Kier molecular flexibility index (Phi) is 8.08. The molecule has 2 aromatic rings. The van der Waals surface area contributed by atoms with Gasteiger partial charge in [-0.15, -0.1) is 0 Å². The molecular formula is C23H28ClFN2O3. The van der Waals surface area contributed by atoms with Crippen LogP contribution in [0.5, 0.6) is 11.5 Å². The number of carbonyl (C=O) groups excluding carboxylic acids is 1. The Morgan fingerprint density at radius 2 is 1.97 bits per heavy atom. The van der Waals surface area contributed by atoms with E-state index in [9.17, 15) is 4.79 Å². The maximum atomic E-state index is 15.6. The molecule has 0 spiro atoms. The van der Waals surface area contributed by atoms with Gasteiger partial charge in [-0.25, -0.2) is 4.39 Å². The molecule has 1 aliphatic rings. The molecule has 1 heterocycles. The van der Waals surface area contributed by atoms with Gasteiger partial charge in [-0.05, 0) is 50.3 Å². The average Bonchev–Trinajstić information content (AvgIpc) is 2.72. The molecule has 3 rings (SSSR count). The summed E-state index contributed by atoms with van der Waals surface area (Å²) in [5.41, 5.74) is 5.81. The zero-order valence-electron chi connectivity index (χ0n) is 17.1. The summed E-state index contributed by atoms with van der Waals surface area (Å²) in [6.07, 6.45) is 2.73. The Bertz CT molecular complexity index is 844. The molecule has 7 heteroatoms. The quantitative estimate of drug-likeness (QED) is 0.583. The normalized spacial score (nSPS) is 16.8. The standard InChI is InChI=1S/C23H28ClFN2O3/c1-15(13-21(26)28)27-20(14-16-9-11-29-12-10-16)18-7-8-19(24)23(22(18)25)30-17-5-3-2-4-6-17/h2-8,15-16,20,27H,9-14H2,1H3,(H2,26,28)/t15-,20-/m1/s1. The van der Waals surface area contributed by atoms with Crippen LogP contribution >= 0.6 is 11.6 Å². The fraction of sp³-hybridized carbons (Fsp3) is 0.435. The number of halogens is 2. The number of nitrogens with one attached hydrogen (secondary N) is 1. The van der Waals surface area contributed by atoms with E-state index in [-0.39, 0.29) is 29.3 Å². The highest BCUT2D eigenvalue weighted by atomic mass is 35.5. The van der Waals surface area contributed by atoms with E-state index in [1.165, 1.54) is 0 Å². The second-order valence-electron chi connectivity index (χ2n) is 7.78. The molecule has 30 heavy (non-hydrogen) atoms. The smallest absolute Gasteiger partial charge is 0.218 e. The van der Waals surface area contributed by atoms with Crippen molar-refractivity contribution >= 4 is 17.5 Å². The number of carbonyl (C=O) groups is 1. The highest BCUT2D eigenvalue weighted by Crippen LogP contribution is 2.38. The van der Waals surface area contributed by atoms with Crippen LogP contribution in [-0.2, 0) is 9.53 Å². The number of nitrogens with two attached hydrogens (primary N) is 1. The highest BCUT2D eigenvalue weighted by molar-refractivity contribution is 6.32. The summed E-state index contributed by atoms with van der Waals surface area (Å²) in [7, 11) is 0. The van der Waals surface area contributed by atoms with Crippen LogP contribution in [-0.4, -0.2) is 25.2 Å². The first kappa shape index (κ1) is 22.5. The number of para-hydroxylation sites is 1. The third-order valence-electron chi connectivity index (χ3n) is 5.32. The lowest BCUT2D eigenvalue weighted by Crippen LogP contribution is -2.36. The number of benzene rings is 2. The van der Waals surface area contributed by atoms with Crippen molar-refractivity contribution in [1.82, 2.24) is 5.32 Å². The lowest BCUT2D eigenvalue weighted by atomic mass is 9.88. The monoisotopic (exact) mass is 434 g/mol. The predicted octanol–water partition coefficient (Wildman–Crippen LogP) is 4.98. The maximum Gasteiger partial charge on any atom is 0.218 e. The molecule has 2 atom stereocenters.